The van der Waals surface area contributed by atoms with E-state index in [2.05, 4.69) is 0 Å². The lowest BCUT2D eigenvalue weighted by molar-refractivity contribution is -0.0841. The number of carbonyl (C=O) groups is 1. The van der Waals surface area contributed by atoms with Crippen LogP contribution in [0, 0.1) is 0 Å². The molecule has 2 heterocycles. The van der Waals surface area contributed by atoms with Gasteiger partial charge in [0.1, 0.15) is 5.60 Å². The lowest BCUT2D eigenvalue weighted by Crippen LogP contribution is -2.66. The maximum atomic E-state index is 12.1. The Morgan fingerprint density at radius 2 is 1.71 bits per heavy atom. The molecule has 21 heavy (non-hydrogen) atoms. The van der Waals surface area contributed by atoms with Crippen LogP contribution in [-0.4, -0.2) is 57.4 Å². The molecule has 0 aromatic heterocycles. The van der Waals surface area contributed by atoms with E-state index in [0.717, 1.165) is 24.3 Å². The monoisotopic (exact) mass is 316 g/mol. The normalized spacial score (nSPS) is 25.5. The number of piperidine rings is 1. The van der Waals surface area contributed by atoms with E-state index in [0.29, 0.717) is 25.9 Å². The third-order valence-electron chi connectivity index (χ3n) is 4.55. The smallest absolute Gasteiger partial charge is 0.410 e. The Labute approximate surface area is 131 Å². The van der Waals surface area contributed by atoms with Crippen molar-refractivity contribution in [2.75, 3.05) is 24.6 Å². The van der Waals surface area contributed by atoms with Crippen LogP contribution < -0.4 is 5.73 Å². The van der Waals surface area contributed by atoms with E-state index in [1.807, 2.05) is 32.5 Å². The van der Waals surface area contributed by atoms with Crippen LogP contribution in [0.2, 0.25) is 0 Å². The Balaban J connectivity index is 1.94. The van der Waals surface area contributed by atoms with E-state index in [9.17, 15) is 9.90 Å². The van der Waals surface area contributed by atoms with Crippen molar-refractivity contribution in [2.45, 2.75) is 63.2 Å². The number of nitrogens with two attached hydrogens (primary N) is 1. The second kappa shape index (κ2) is 5.97. The van der Waals surface area contributed by atoms with Gasteiger partial charge in [0.05, 0.1) is 5.60 Å². The fourth-order valence-corrected chi connectivity index (χ4v) is 4.31. The second-order valence-electron chi connectivity index (χ2n) is 7.27. The number of rotatable bonds is 1. The summed E-state index contributed by atoms with van der Waals surface area (Å²) in [5, 5.41) is 11.0. The Bertz CT molecular complexity index is 381. The fraction of sp³-hybridized carbons (Fsp3) is 0.933. The first kappa shape index (κ1) is 16.9. The molecule has 1 amide bonds. The number of thioether (sulfide) groups is 1. The van der Waals surface area contributed by atoms with Gasteiger partial charge >= 0.3 is 6.09 Å². The van der Waals surface area contributed by atoms with Crippen LogP contribution in [-0.2, 0) is 4.74 Å². The molecule has 0 unspecified atom stereocenters. The van der Waals surface area contributed by atoms with E-state index in [1.165, 1.54) is 0 Å². The second-order valence-corrected chi connectivity index (χ2v) is 8.49. The van der Waals surface area contributed by atoms with Gasteiger partial charge in [-0.3, -0.25) is 0 Å². The molecule has 2 aliphatic rings. The molecule has 2 fully saturated rings. The molecule has 0 aromatic carbocycles. The van der Waals surface area contributed by atoms with Crippen molar-refractivity contribution in [2.24, 2.45) is 5.73 Å². The van der Waals surface area contributed by atoms with Crippen LogP contribution in [0.1, 0.15) is 46.5 Å². The van der Waals surface area contributed by atoms with Crippen molar-refractivity contribution >= 4 is 17.9 Å². The first-order valence-electron chi connectivity index (χ1n) is 7.72. The summed E-state index contributed by atoms with van der Waals surface area (Å²) in [5.74, 6) is 2.02. The Morgan fingerprint density at radius 3 is 2.19 bits per heavy atom. The first-order valence-corrected chi connectivity index (χ1v) is 8.88. The van der Waals surface area contributed by atoms with Crippen molar-refractivity contribution in [3.05, 3.63) is 0 Å². The van der Waals surface area contributed by atoms with Gasteiger partial charge in [-0.1, -0.05) is 0 Å². The molecule has 2 aliphatic heterocycles. The zero-order valence-corrected chi connectivity index (χ0v) is 14.2. The van der Waals surface area contributed by atoms with E-state index in [4.69, 9.17) is 10.5 Å². The minimum Gasteiger partial charge on any atom is -0.444 e. The molecule has 0 atom stereocenters. The minimum absolute atomic E-state index is 0.296. The zero-order valence-electron chi connectivity index (χ0n) is 13.4. The summed E-state index contributed by atoms with van der Waals surface area (Å²) >= 11 is 1.90. The van der Waals surface area contributed by atoms with Gasteiger partial charge in [0.25, 0.3) is 0 Å². The zero-order chi connectivity index (χ0) is 15.7. The van der Waals surface area contributed by atoms with E-state index < -0.39 is 16.7 Å². The highest BCUT2D eigenvalue weighted by atomic mass is 32.2. The van der Waals surface area contributed by atoms with Gasteiger partial charge in [-0.2, -0.15) is 11.8 Å². The molecular formula is C15H28N2O3S. The number of aliphatic hydroxyl groups is 1. The van der Waals surface area contributed by atoms with Gasteiger partial charge in [-0.05, 0) is 58.0 Å². The Morgan fingerprint density at radius 1 is 1.19 bits per heavy atom. The maximum absolute atomic E-state index is 12.1. The molecule has 5 nitrogen and oxygen atoms in total. The average Bonchev–Trinajstić information content (AvgIpc) is 2.38. The average molecular weight is 316 g/mol. The molecule has 0 spiro atoms. The molecule has 0 radical (unpaired) electrons. The van der Waals surface area contributed by atoms with E-state index in [-0.39, 0.29) is 6.09 Å². The van der Waals surface area contributed by atoms with Gasteiger partial charge in [0.2, 0.25) is 0 Å². The van der Waals surface area contributed by atoms with Crippen LogP contribution in [0.25, 0.3) is 0 Å². The van der Waals surface area contributed by atoms with Crippen LogP contribution in [0.5, 0.6) is 0 Å². The largest absolute Gasteiger partial charge is 0.444 e. The summed E-state index contributed by atoms with van der Waals surface area (Å²) in [7, 11) is 0. The third-order valence-corrected chi connectivity index (χ3v) is 5.54. The number of carbonyl (C=O) groups excluding carboxylic acids is 1. The van der Waals surface area contributed by atoms with Crippen LogP contribution >= 0.6 is 11.8 Å². The standard InChI is InChI=1S/C15H28N2O3S/c1-13(2,3)20-12(18)17-8-4-15(19,5-9-17)14(16)6-10-21-11-7-14/h19H,4-11,16H2,1-3H3. The molecule has 0 saturated carbocycles. The number of nitrogens with zero attached hydrogens (tertiary/aromatic N) is 1. The van der Waals surface area contributed by atoms with Gasteiger partial charge in [0.15, 0.2) is 0 Å². The van der Waals surface area contributed by atoms with Crippen molar-refractivity contribution in [1.29, 1.82) is 0 Å². The summed E-state index contributed by atoms with van der Waals surface area (Å²) in [6.07, 6.45) is 2.47. The van der Waals surface area contributed by atoms with Gasteiger partial charge in [0, 0.05) is 18.6 Å². The van der Waals surface area contributed by atoms with Crippen LogP contribution in [0.4, 0.5) is 4.79 Å². The van der Waals surface area contributed by atoms with Crippen molar-refractivity contribution in [3.8, 4) is 0 Å². The molecule has 0 aromatic rings. The first-order chi connectivity index (χ1) is 9.65. The Hall–Kier alpha value is -0.460. The number of hydrogen-bond donors (Lipinski definition) is 2. The molecule has 0 aliphatic carbocycles. The molecule has 6 heteroatoms. The van der Waals surface area contributed by atoms with E-state index >= 15 is 0 Å². The number of ether oxygens (including phenoxy) is 1. The highest BCUT2D eigenvalue weighted by Gasteiger charge is 2.50. The molecule has 3 N–H and O–H groups in total. The maximum Gasteiger partial charge on any atom is 0.410 e. The lowest BCUT2D eigenvalue weighted by atomic mass is 9.71. The van der Waals surface area contributed by atoms with Crippen LogP contribution in [0.15, 0.2) is 0 Å². The molecule has 2 saturated heterocycles. The van der Waals surface area contributed by atoms with Crippen molar-refractivity contribution in [1.82, 2.24) is 4.90 Å². The van der Waals surface area contributed by atoms with Crippen molar-refractivity contribution < 1.29 is 14.6 Å². The quantitative estimate of drug-likeness (QED) is 0.773. The fourth-order valence-electron chi connectivity index (χ4n) is 3.08. The molecule has 122 valence electrons. The summed E-state index contributed by atoms with van der Waals surface area (Å²) in [5.41, 5.74) is 4.65. The number of amides is 1. The minimum atomic E-state index is -0.855. The van der Waals surface area contributed by atoms with Gasteiger partial charge in [-0.25, -0.2) is 4.79 Å². The van der Waals surface area contributed by atoms with E-state index in [1.54, 1.807) is 4.90 Å². The summed E-state index contributed by atoms with van der Waals surface area (Å²) in [6, 6.07) is 0. The Kier molecular flexibility index (Phi) is 4.81. The number of likely N-dealkylation sites (tertiary alicyclic amines) is 1. The highest BCUT2D eigenvalue weighted by molar-refractivity contribution is 7.99. The van der Waals surface area contributed by atoms with Crippen molar-refractivity contribution in [3.63, 3.8) is 0 Å². The lowest BCUT2D eigenvalue weighted by Gasteiger charge is -2.50. The van der Waals surface area contributed by atoms with Gasteiger partial charge < -0.3 is 20.5 Å². The highest BCUT2D eigenvalue weighted by Crippen LogP contribution is 2.40. The molecule has 0 bridgehead atoms. The molecule has 2 rings (SSSR count). The third kappa shape index (κ3) is 3.85. The number of hydrogen-bond acceptors (Lipinski definition) is 5. The summed E-state index contributed by atoms with van der Waals surface area (Å²) in [6.45, 7) is 6.61. The predicted octanol–water partition coefficient (Wildman–Crippen LogP) is 1.97. The molecular weight excluding hydrogens is 288 g/mol. The summed E-state index contributed by atoms with van der Waals surface area (Å²) in [4.78, 5) is 13.7. The summed E-state index contributed by atoms with van der Waals surface area (Å²) < 4.78 is 5.39. The van der Waals surface area contributed by atoms with Gasteiger partial charge in [-0.15, -0.1) is 0 Å². The topological polar surface area (TPSA) is 75.8 Å². The predicted molar refractivity (Wildman–Crippen MR) is 85.5 cm³/mol. The van der Waals surface area contributed by atoms with Crippen LogP contribution in [0.3, 0.4) is 0 Å². The SMILES string of the molecule is CC(C)(C)OC(=O)N1CCC(O)(C2(N)CCSCC2)CC1.